The van der Waals surface area contributed by atoms with Crippen molar-refractivity contribution < 1.29 is 0 Å². The van der Waals surface area contributed by atoms with E-state index in [0.29, 0.717) is 5.92 Å². The Labute approximate surface area is 142 Å². The van der Waals surface area contributed by atoms with Gasteiger partial charge >= 0.3 is 0 Å². The Bertz CT molecular complexity index is 800. The van der Waals surface area contributed by atoms with Gasteiger partial charge in [0.1, 0.15) is 5.82 Å². The molecule has 0 unspecified atom stereocenters. The lowest BCUT2D eigenvalue weighted by molar-refractivity contribution is 0.537. The molecular formula is C18H24N6. The van der Waals surface area contributed by atoms with Crippen LogP contribution in [0.25, 0.3) is 5.82 Å². The van der Waals surface area contributed by atoms with Crippen molar-refractivity contribution in [3.05, 3.63) is 54.3 Å². The minimum absolute atomic E-state index is 0.0203. The third-order valence-electron chi connectivity index (χ3n) is 4.04. The van der Waals surface area contributed by atoms with Crippen LogP contribution in [0.1, 0.15) is 70.0 Å². The maximum atomic E-state index is 4.81. The largest absolute Gasteiger partial charge is 0.324 e. The third-order valence-corrected chi connectivity index (χ3v) is 4.04. The summed E-state index contributed by atoms with van der Waals surface area (Å²) < 4.78 is 4.02. The predicted octanol–water partition coefficient (Wildman–Crippen LogP) is 3.71. The molecule has 6 nitrogen and oxygen atoms in total. The fraction of sp³-hybridized carbons (Fsp3) is 0.444. The van der Waals surface area contributed by atoms with Crippen LogP contribution >= 0.6 is 0 Å². The highest BCUT2D eigenvalue weighted by Gasteiger charge is 2.23. The molecule has 1 atom stereocenters. The molecule has 6 heteroatoms. The molecule has 3 rings (SSSR count). The van der Waals surface area contributed by atoms with Crippen molar-refractivity contribution in [2.75, 3.05) is 0 Å². The lowest BCUT2D eigenvalue weighted by Gasteiger charge is -2.18. The zero-order valence-corrected chi connectivity index (χ0v) is 14.9. The van der Waals surface area contributed by atoms with Gasteiger partial charge in [-0.25, -0.2) is 15.0 Å². The van der Waals surface area contributed by atoms with Crippen molar-refractivity contribution in [2.24, 2.45) is 0 Å². The van der Waals surface area contributed by atoms with Crippen LogP contribution in [0.2, 0.25) is 0 Å². The minimum atomic E-state index is 0.0203. The first kappa shape index (κ1) is 16.4. The summed E-state index contributed by atoms with van der Waals surface area (Å²) in [5, 5.41) is 4.69. The first-order chi connectivity index (χ1) is 11.5. The van der Waals surface area contributed by atoms with Crippen molar-refractivity contribution in [3.63, 3.8) is 0 Å². The number of imidazole rings is 1. The van der Waals surface area contributed by atoms with E-state index in [1.807, 2.05) is 35.3 Å². The Hall–Kier alpha value is -2.50. The van der Waals surface area contributed by atoms with Crippen LogP contribution in [0.3, 0.4) is 0 Å². The van der Waals surface area contributed by atoms with Gasteiger partial charge in [-0.3, -0.25) is 0 Å². The zero-order chi connectivity index (χ0) is 17.3. The average molecular weight is 324 g/mol. The molecule has 3 heterocycles. The van der Waals surface area contributed by atoms with Gasteiger partial charge in [0, 0.05) is 30.4 Å². The van der Waals surface area contributed by atoms with E-state index in [1.54, 1.807) is 6.20 Å². The lowest BCUT2D eigenvalue weighted by atomic mass is 10.2. The van der Waals surface area contributed by atoms with E-state index >= 15 is 0 Å². The standard InChI is InChI=1S/C18H24N6/c1-12(2)16-21-18(24(22-16)15-8-6-7-9-19-15)14(5)23-11-10-20-17(23)13(3)4/h6-14H,1-5H3/t14-/m1/s1. The van der Waals surface area contributed by atoms with Crippen LogP contribution in [0.15, 0.2) is 36.8 Å². The third kappa shape index (κ3) is 2.96. The Morgan fingerprint density at radius 3 is 2.29 bits per heavy atom. The molecular weight excluding hydrogens is 300 g/mol. The minimum Gasteiger partial charge on any atom is -0.324 e. The molecule has 0 saturated carbocycles. The van der Waals surface area contributed by atoms with Crippen LogP contribution in [0, 0.1) is 0 Å². The van der Waals surface area contributed by atoms with Crippen molar-refractivity contribution in [2.45, 2.75) is 52.5 Å². The molecule has 0 aliphatic carbocycles. The molecule has 0 aliphatic rings. The molecule has 0 amide bonds. The summed E-state index contributed by atoms with van der Waals surface area (Å²) in [5.41, 5.74) is 0. The first-order valence-electron chi connectivity index (χ1n) is 8.40. The Morgan fingerprint density at radius 1 is 0.875 bits per heavy atom. The molecule has 126 valence electrons. The highest BCUT2D eigenvalue weighted by atomic mass is 15.4. The molecule has 0 saturated heterocycles. The van der Waals surface area contributed by atoms with Gasteiger partial charge in [0.05, 0.1) is 6.04 Å². The number of hydrogen-bond donors (Lipinski definition) is 0. The second kappa shape index (κ2) is 6.55. The van der Waals surface area contributed by atoms with E-state index in [4.69, 9.17) is 10.1 Å². The number of aromatic nitrogens is 6. The smallest absolute Gasteiger partial charge is 0.157 e. The van der Waals surface area contributed by atoms with Crippen molar-refractivity contribution in [3.8, 4) is 5.82 Å². The summed E-state index contributed by atoms with van der Waals surface area (Å²) in [5.74, 6) is 4.13. The molecule has 0 N–H and O–H groups in total. The average Bonchev–Trinajstić information content (AvgIpc) is 3.22. The molecule has 3 aromatic heterocycles. The van der Waals surface area contributed by atoms with E-state index in [9.17, 15) is 0 Å². The van der Waals surface area contributed by atoms with Gasteiger partial charge in [0.25, 0.3) is 0 Å². The summed E-state index contributed by atoms with van der Waals surface area (Å²) >= 11 is 0. The quantitative estimate of drug-likeness (QED) is 0.717. The van der Waals surface area contributed by atoms with Gasteiger partial charge in [0.15, 0.2) is 17.5 Å². The first-order valence-corrected chi connectivity index (χ1v) is 8.40. The summed E-state index contributed by atoms with van der Waals surface area (Å²) in [6, 6.07) is 5.84. The van der Waals surface area contributed by atoms with Gasteiger partial charge in [0.2, 0.25) is 0 Å². The monoisotopic (exact) mass is 324 g/mol. The lowest BCUT2D eigenvalue weighted by Crippen LogP contribution is -2.16. The van der Waals surface area contributed by atoms with E-state index in [0.717, 1.165) is 23.3 Å². The summed E-state index contributed by atoms with van der Waals surface area (Å²) in [6.07, 6.45) is 5.63. The van der Waals surface area contributed by atoms with Crippen molar-refractivity contribution in [1.82, 2.24) is 29.3 Å². The van der Waals surface area contributed by atoms with E-state index in [1.165, 1.54) is 0 Å². The van der Waals surface area contributed by atoms with Crippen LogP contribution in [0.4, 0.5) is 0 Å². The van der Waals surface area contributed by atoms with Crippen LogP contribution in [-0.4, -0.2) is 29.3 Å². The predicted molar refractivity (Wildman–Crippen MR) is 93.4 cm³/mol. The number of hydrogen-bond acceptors (Lipinski definition) is 4. The van der Waals surface area contributed by atoms with Crippen molar-refractivity contribution >= 4 is 0 Å². The van der Waals surface area contributed by atoms with Gasteiger partial charge in [-0.05, 0) is 19.1 Å². The fourth-order valence-electron chi connectivity index (χ4n) is 2.73. The molecule has 0 aliphatic heterocycles. The summed E-state index contributed by atoms with van der Waals surface area (Å²) in [6.45, 7) is 10.6. The maximum absolute atomic E-state index is 4.81. The number of pyridine rings is 1. The SMILES string of the molecule is CC(C)c1nc([C@@H](C)n2ccnc2C(C)C)n(-c2ccccn2)n1. The highest BCUT2D eigenvalue weighted by Crippen LogP contribution is 2.25. The number of rotatable bonds is 5. The van der Waals surface area contributed by atoms with E-state index in [-0.39, 0.29) is 12.0 Å². The van der Waals surface area contributed by atoms with E-state index < -0.39 is 0 Å². The molecule has 0 radical (unpaired) electrons. The molecule has 0 bridgehead atoms. The molecule has 0 fully saturated rings. The Balaban J connectivity index is 2.11. The Morgan fingerprint density at radius 2 is 1.67 bits per heavy atom. The molecule has 0 spiro atoms. The summed E-state index contributed by atoms with van der Waals surface area (Å²) in [4.78, 5) is 13.7. The molecule has 3 aromatic rings. The van der Waals surface area contributed by atoms with Crippen LogP contribution in [-0.2, 0) is 0 Å². The van der Waals surface area contributed by atoms with Crippen molar-refractivity contribution in [1.29, 1.82) is 0 Å². The van der Waals surface area contributed by atoms with E-state index in [2.05, 4.69) is 49.2 Å². The van der Waals surface area contributed by atoms with Gasteiger partial charge in [-0.1, -0.05) is 33.8 Å². The molecule has 0 aromatic carbocycles. The fourth-order valence-corrected chi connectivity index (χ4v) is 2.73. The van der Waals surface area contributed by atoms with Gasteiger partial charge < -0.3 is 4.57 Å². The Kier molecular flexibility index (Phi) is 4.46. The van der Waals surface area contributed by atoms with Gasteiger partial charge in [-0.15, -0.1) is 5.10 Å². The van der Waals surface area contributed by atoms with Gasteiger partial charge in [-0.2, -0.15) is 4.68 Å². The van der Waals surface area contributed by atoms with Crippen LogP contribution in [0.5, 0.6) is 0 Å². The second-order valence-electron chi connectivity index (χ2n) is 6.61. The molecule has 24 heavy (non-hydrogen) atoms. The second-order valence-corrected chi connectivity index (χ2v) is 6.61. The van der Waals surface area contributed by atoms with Crippen LogP contribution < -0.4 is 0 Å². The maximum Gasteiger partial charge on any atom is 0.157 e. The normalized spacial score (nSPS) is 13.0. The topological polar surface area (TPSA) is 61.4 Å². The number of nitrogens with zero attached hydrogens (tertiary/aromatic N) is 6. The zero-order valence-electron chi connectivity index (χ0n) is 14.9. The summed E-state index contributed by atoms with van der Waals surface area (Å²) in [7, 11) is 0. The highest BCUT2D eigenvalue weighted by molar-refractivity contribution is 5.24.